The molecule has 0 spiro atoms. The van der Waals surface area contributed by atoms with Crippen molar-refractivity contribution in [3.05, 3.63) is 59.5 Å². The first-order valence-electron chi connectivity index (χ1n) is 7.61. The summed E-state index contributed by atoms with van der Waals surface area (Å²) in [4.78, 5) is 26.2. The fourth-order valence-corrected chi connectivity index (χ4v) is 2.82. The van der Waals surface area contributed by atoms with E-state index in [-0.39, 0.29) is 18.7 Å². The molecule has 8 heteroatoms. The van der Waals surface area contributed by atoms with Gasteiger partial charge in [0.05, 0.1) is 6.26 Å². The molecule has 0 fully saturated rings. The molecule has 25 heavy (non-hydrogen) atoms. The average molecular weight is 352 g/mol. The monoisotopic (exact) mass is 352 g/mol. The number of nitrogens with one attached hydrogen (secondary N) is 1. The highest BCUT2D eigenvalue weighted by Gasteiger charge is 2.37. The largest absolute Gasteiger partial charge is 0.459 e. The fourth-order valence-electron chi connectivity index (χ4n) is 2.82. The quantitative estimate of drug-likeness (QED) is 0.923. The van der Waals surface area contributed by atoms with Gasteiger partial charge in [0.25, 0.3) is 5.91 Å². The summed E-state index contributed by atoms with van der Waals surface area (Å²) in [5.74, 6) is -1.34. The van der Waals surface area contributed by atoms with Gasteiger partial charge in [-0.3, -0.25) is 9.59 Å². The second-order valence-corrected chi connectivity index (χ2v) is 5.73. The van der Waals surface area contributed by atoms with Gasteiger partial charge in [0.15, 0.2) is 5.76 Å². The zero-order valence-corrected chi connectivity index (χ0v) is 13.0. The number of alkyl halides is 3. The summed E-state index contributed by atoms with van der Waals surface area (Å²) in [5, 5.41) is 1.86. The van der Waals surface area contributed by atoms with Crippen molar-refractivity contribution in [1.29, 1.82) is 0 Å². The summed E-state index contributed by atoms with van der Waals surface area (Å²) in [6, 6.07) is 9.16. The predicted molar refractivity (Wildman–Crippen MR) is 81.6 cm³/mol. The molecule has 0 saturated heterocycles. The summed E-state index contributed by atoms with van der Waals surface area (Å²) in [7, 11) is 0. The minimum absolute atomic E-state index is 0.0352. The zero-order chi connectivity index (χ0) is 18.0. The maximum atomic E-state index is 12.6. The van der Waals surface area contributed by atoms with Crippen molar-refractivity contribution >= 4 is 11.8 Å². The van der Waals surface area contributed by atoms with Gasteiger partial charge in [-0.15, -0.1) is 0 Å². The Balaban J connectivity index is 1.86. The fraction of sp³-hybridized carbons (Fsp3) is 0.294. The molecule has 0 radical (unpaired) electrons. The first-order valence-corrected chi connectivity index (χ1v) is 7.61. The van der Waals surface area contributed by atoms with Crippen molar-refractivity contribution in [3.63, 3.8) is 0 Å². The lowest BCUT2D eigenvalue weighted by Crippen LogP contribution is -2.53. The second kappa shape index (κ2) is 6.62. The molecule has 1 atom stereocenters. The van der Waals surface area contributed by atoms with Crippen LogP contribution < -0.4 is 5.32 Å². The molecule has 5 nitrogen and oxygen atoms in total. The number of rotatable bonds is 3. The van der Waals surface area contributed by atoms with Crippen molar-refractivity contribution in [2.75, 3.05) is 6.54 Å². The highest BCUT2D eigenvalue weighted by molar-refractivity contribution is 5.96. The summed E-state index contributed by atoms with van der Waals surface area (Å²) >= 11 is 0. The standard InChI is InChI=1S/C17H15F3N2O3/c18-17(19,20)10-21-15(23)13-8-11-4-1-2-5-12(11)9-22(13)16(24)14-6-3-7-25-14/h1-7,13H,8-10H2,(H,21,23). The number of hydrogen-bond acceptors (Lipinski definition) is 3. The molecule has 2 amide bonds. The minimum atomic E-state index is -4.52. The topological polar surface area (TPSA) is 62.6 Å². The van der Waals surface area contributed by atoms with Crippen LogP contribution in [0.4, 0.5) is 13.2 Å². The van der Waals surface area contributed by atoms with Crippen molar-refractivity contribution in [2.45, 2.75) is 25.2 Å². The number of furan rings is 1. The summed E-state index contributed by atoms with van der Waals surface area (Å²) in [6.07, 6.45) is -3.05. The van der Waals surface area contributed by atoms with E-state index in [0.29, 0.717) is 0 Å². The van der Waals surface area contributed by atoms with Crippen LogP contribution in [0.2, 0.25) is 0 Å². The zero-order valence-electron chi connectivity index (χ0n) is 13.0. The van der Waals surface area contributed by atoms with Crippen LogP contribution in [0.15, 0.2) is 47.1 Å². The predicted octanol–water partition coefficient (Wildman–Crippen LogP) is 2.53. The van der Waals surface area contributed by atoms with E-state index in [0.717, 1.165) is 11.1 Å². The first kappa shape index (κ1) is 17.1. The normalized spacial score (nSPS) is 17.1. The van der Waals surface area contributed by atoms with Gasteiger partial charge in [0.2, 0.25) is 5.91 Å². The van der Waals surface area contributed by atoms with Crippen LogP contribution in [-0.2, 0) is 17.8 Å². The SMILES string of the molecule is O=C(NCC(F)(F)F)C1Cc2ccccc2CN1C(=O)c1ccco1. The third kappa shape index (κ3) is 3.84. The van der Waals surface area contributed by atoms with Gasteiger partial charge < -0.3 is 14.6 Å². The van der Waals surface area contributed by atoms with Crippen LogP contribution in [0, 0.1) is 0 Å². The van der Waals surface area contributed by atoms with Crippen LogP contribution in [0.25, 0.3) is 0 Å². The summed E-state index contributed by atoms with van der Waals surface area (Å²) < 4.78 is 42.2. The molecule has 1 unspecified atom stereocenters. The Kier molecular flexibility index (Phi) is 4.52. The molecule has 3 rings (SSSR count). The van der Waals surface area contributed by atoms with Gasteiger partial charge in [-0.1, -0.05) is 24.3 Å². The third-order valence-electron chi connectivity index (χ3n) is 4.01. The number of carbonyl (C=O) groups is 2. The minimum Gasteiger partial charge on any atom is -0.459 e. The summed E-state index contributed by atoms with van der Waals surface area (Å²) in [6.45, 7) is -1.31. The van der Waals surface area contributed by atoms with Crippen molar-refractivity contribution in [1.82, 2.24) is 10.2 Å². The van der Waals surface area contributed by atoms with E-state index in [9.17, 15) is 22.8 Å². The van der Waals surface area contributed by atoms with Crippen LogP contribution in [0.3, 0.4) is 0 Å². The molecule has 2 aromatic rings. The molecule has 0 aliphatic carbocycles. The Morgan fingerprint density at radius 3 is 2.52 bits per heavy atom. The molecule has 1 aromatic carbocycles. The van der Waals surface area contributed by atoms with Gasteiger partial charge in [-0.25, -0.2) is 0 Å². The lowest BCUT2D eigenvalue weighted by molar-refractivity contribution is -0.141. The van der Waals surface area contributed by atoms with Crippen molar-refractivity contribution in [3.8, 4) is 0 Å². The van der Waals surface area contributed by atoms with E-state index in [2.05, 4.69) is 0 Å². The molecular weight excluding hydrogens is 337 g/mol. The number of carbonyl (C=O) groups excluding carboxylic acids is 2. The second-order valence-electron chi connectivity index (χ2n) is 5.73. The Morgan fingerprint density at radius 1 is 1.16 bits per heavy atom. The number of amides is 2. The van der Waals surface area contributed by atoms with Crippen molar-refractivity contribution < 1.29 is 27.2 Å². The van der Waals surface area contributed by atoms with E-state index in [1.165, 1.54) is 23.3 Å². The lowest BCUT2D eigenvalue weighted by atomic mass is 9.93. The molecule has 1 aromatic heterocycles. The van der Waals surface area contributed by atoms with Gasteiger partial charge in [0, 0.05) is 13.0 Å². The molecule has 1 N–H and O–H groups in total. The maximum Gasteiger partial charge on any atom is 0.405 e. The van der Waals surface area contributed by atoms with E-state index in [1.54, 1.807) is 18.2 Å². The highest BCUT2D eigenvalue weighted by atomic mass is 19.4. The Bertz CT molecular complexity index is 772. The van der Waals surface area contributed by atoms with Crippen LogP contribution in [0.5, 0.6) is 0 Å². The van der Waals surface area contributed by atoms with E-state index < -0.39 is 30.6 Å². The highest BCUT2D eigenvalue weighted by Crippen LogP contribution is 2.25. The Morgan fingerprint density at radius 2 is 1.88 bits per heavy atom. The Hall–Kier alpha value is -2.77. The molecule has 2 heterocycles. The van der Waals surface area contributed by atoms with Gasteiger partial charge in [-0.2, -0.15) is 13.2 Å². The van der Waals surface area contributed by atoms with Gasteiger partial charge >= 0.3 is 6.18 Å². The van der Waals surface area contributed by atoms with Crippen LogP contribution in [0.1, 0.15) is 21.7 Å². The van der Waals surface area contributed by atoms with Crippen LogP contribution >= 0.6 is 0 Å². The van der Waals surface area contributed by atoms with E-state index in [1.807, 2.05) is 11.4 Å². The number of nitrogens with zero attached hydrogens (tertiary/aromatic N) is 1. The van der Waals surface area contributed by atoms with Gasteiger partial charge in [0.1, 0.15) is 12.6 Å². The summed E-state index contributed by atoms with van der Waals surface area (Å²) in [5.41, 5.74) is 1.68. The van der Waals surface area contributed by atoms with E-state index >= 15 is 0 Å². The molecule has 0 bridgehead atoms. The maximum absolute atomic E-state index is 12.6. The molecule has 1 aliphatic heterocycles. The molecular formula is C17H15F3N2O3. The number of fused-ring (bicyclic) bond motifs is 1. The van der Waals surface area contributed by atoms with E-state index in [4.69, 9.17) is 4.42 Å². The average Bonchev–Trinajstić information content (AvgIpc) is 3.11. The lowest BCUT2D eigenvalue weighted by Gasteiger charge is -2.35. The number of halogens is 3. The van der Waals surface area contributed by atoms with Crippen molar-refractivity contribution in [2.24, 2.45) is 0 Å². The Labute approximate surface area is 141 Å². The number of benzene rings is 1. The van der Waals surface area contributed by atoms with Gasteiger partial charge in [-0.05, 0) is 23.3 Å². The molecule has 1 aliphatic rings. The third-order valence-corrected chi connectivity index (χ3v) is 4.01. The molecule has 0 saturated carbocycles. The smallest absolute Gasteiger partial charge is 0.405 e. The van der Waals surface area contributed by atoms with Crippen LogP contribution in [-0.4, -0.2) is 35.5 Å². The first-order chi connectivity index (χ1) is 11.8. The molecule has 132 valence electrons. The number of hydrogen-bond donors (Lipinski definition) is 1.